The first-order valence-electron chi connectivity index (χ1n) is 4.99. The Kier molecular flexibility index (Phi) is 4.32. The van der Waals surface area contributed by atoms with Crippen LogP contribution in [0.1, 0.15) is 13.3 Å². The fraction of sp³-hybridized carbons (Fsp3) is 0.273. The van der Waals surface area contributed by atoms with E-state index in [1.807, 2.05) is 18.2 Å². The second kappa shape index (κ2) is 5.75. The predicted molar refractivity (Wildman–Crippen MR) is 61.9 cm³/mol. The van der Waals surface area contributed by atoms with Gasteiger partial charge in [0.2, 0.25) is 5.91 Å². The van der Waals surface area contributed by atoms with Crippen LogP contribution in [-0.2, 0) is 4.79 Å². The summed E-state index contributed by atoms with van der Waals surface area (Å²) in [5, 5.41) is 5.25. The summed E-state index contributed by atoms with van der Waals surface area (Å²) in [5.41, 5.74) is 5.71. The van der Waals surface area contributed by atoms with Crippen molar-refractivity contribution in [3.05, 3.63) is 30.3 Å². The van der Waals surface area contributed by atoms with Crippen LogP contribution in [0.25, 0.3) is 0 Å². The van der Waals surface area contributed by atoms with Gasteiger partial charge in [-0.1, -0.05) is 18.2 Å². The molecule has 5 heteroatoms. The zero-order valence-corrected chi connectivity index (χ0v) is 9.07. The zero-order chi connectivity index (χ0) is 12.0. The summed E-state index contributed by atoms with van der Waals surface area (Å²) in [4.78, 5) is 22.0. The maximum Gasteiger partial charge on any atom is 0.319 e. The Morgan fingerprint density at radius 2 is 1.94 bits per heavy atom. The molecule has 0 aliphatic carbocycles. The molecule has 4 N–H and O–H groups in total. The molecule has 0 bridgehead atoms. The molecule has 0 aliphatic rings. The van der Waals surface area contributed by atoms with Crippen molar-refractivity contribution in [2.75, 3.05) is 5.32 Å². The van der Waals surface area contributed by atoms with E-state index in [0.717, 1.165) is 0 Å². The highest BCUT2D eigenvalue weighted by Gasteiger charge is 2.09. The molecule has 1 aromatic rings. The van der Waals surface area contributed by atoms with Crippen molar-refractivity contribution in [2.24, 2.45) is 5.73 Å². The van der Waals surface area contributed by atoms with Crippen molar-refractivity contribution in [1.82, 2.24) is 5.32 Å². The molecular weight excluding hydrogens is 206 g/mol. The minimum atomic E-state index is -0.437. The molecule has 0 spiro atoms. The molecule has 0 saturated carbocycles. The van der Waals surface area contributed by atoms with E-state index in [9.17, 15) is 9.59 Å². The molecule has 1 rings (SSSR count). The quantitative estimate of drug-likeness (QED) is 0.710. The smallest absolute Gasteiger partial charge is 0.319 e. The molecule has 5 nitrogen and oxygen atoms in total. The average Bonchev–Trinajstić information content (AvgIpc) is 2.17. The summed E-state index contributed by atoms with van der Waals surface area (Å²) in [6, 6.07) is 8.43. The summed E-state index contributed by atoms with van der Waals surface area (Å²) in [6.07, 6.45) is 0.127. The first kappa shape index (κ1) is 12.0. The number of rotatable bonds is 4. The highest BCUT2D eigenvalue weighted by molar-refractivity contribution is 5.89. The molecule has 3 amide bonds. The lowest BCUT2D eigenvalue weighted by Crippen LogP contribution is -2.38. The Labute approximate surface area is 94.0 Å². The maximum atomic E-state index is 11.4. The summed E-state index contributed by atoms with van der Waals surface area (Å²) >= 11 is 0. The van der Waals surface area contributed by atoms with Gasteiger partial charge in [-0.25, -0.2) is 4.79 Å². The van der Waals surface area contributed by atoms with Crippen molar-refractivity contribution in [3.63, 3.8) is 0 Å². The van der Waals surface area contributed by atoms with Gasteiger partial charge in [0.25, 0.3) is 0 Å². The zero-order valence-electron chi connectivity index (χ0n) is 9.07. The molecule has 86 valence electrons. The van der Waals surface area contributed by atoms with Crippen LogP contribution < -0.4 is 16.4 Å². The molecular formula is C11H15N3O2. The number of nitrogens with two attached hydrogens (primary N) is 1. The first-order valence-corrected chi connectivity index (χ1v) is 4.99. The van der Waals surface area contributed by atoms with Crippen molar-refractivity contribution in [1.29, 1.82) is 0 Å². The molecule has 1 aromatic carbocycles. The largest absolute Gasteiger partial charge is 0.370 e. The second-order valence-electron chi connectivity index (χ2n) is 3.54. The number of anilines is 1. The third kappa shape index (κ3) is 4.45. The summed E-state index contributed by atoms with van der Waals surface area (Å²) in [5.74, 6) is -0.437. The normalized spacial score (nSPS) is 11.6. The van der Waals surface area contributed by atoms with E-state index in [-0.39, 0.29) is 18.5 Å². The highest BCUT2D eigenvalue weighted by atomic mass is 16.2. The number of primary amides is 1. The first-order chi connectivity index (χ1) is 7.58. The van der Waals surface area contributed by atoms with Crippen LogP contribution in [0.2, 0.25) is 0 Å². The van der Waals surface area contributed by atoms with Crippen LogP contribution in [0.5, 0.6) is 0 Å². The number of carbonyl (C=O) groups excluding carboxylic acids is 2. The molecule has 1 unspecified atom stereocenters. The molecule has 0 aromatic heterocycles. The molecule has 0 heterocycles. The SMILES string of the molecule is CC(CC(N)=O)NC(=O)Nc1ccccc1. The van der Waals surface area contributed by atoms with E-state index < -0.39 is 5.91 Å². The molecule has 0 saturated heterocycles. The topological polar surface area (TPSA) is 84.2 Å². The Morgan fingerprint density at radius 1 is 1.31 bits per heavy atom. The average molecular weight is 221 g/mol. The van der Waals surface area contributed by atoms with Crippen LogP contribution in [0, 0.1) is 0 Å². The molecule has 0 aliphatic heterocycles. The Balaban J connectivity index is 2.39. The fourth-order valence-electron chi connectivity index (χ4n) is 1.27. The summed E-state index contributed by atoms with van der Waals surface area (Å²) in [6.45, 7) is 1.72. The Morgan fingerprint density at radius 3 is 2.50 bits per heavy atom. The summed E-state index contributed by atoms with van der Waals surface area (Å²) in [7, 11) is 0. The number of carbonyl (C=O) groups is 2. The van der Waals surface area contributed by atoms with Gasteiger partial charge in [-0.3, -0.25) is 4.79 Å². The number of para-hydroxylation sites is 1. The number of hydrogen-bond donors (Lipinski definition) is 3. The van der Waals surface area contributed by atoms with Gasteiger partial charge in [0.05, 0.1) is 0 Å². The van der Waals surface area contributed by atoms with Gasteiger partial charge in [-0.15, -0.1) is 0 Å². The van der Waals surface area contributed by atoms with Gasteiger partial charge in [-0.05, 0) is 19.1 Å². The fourth-order valence-corrected chi connectivity index (χ4v) is 1.27. The third-order valence-corrected chi connectivity index (χ3v) is 1.92. The number of urea groups is 1. The summed E-state index contributed by atoms with van der Waals surface area (Å²) < 4.78 is 0. The van der Waals surface area contributed by atoms with E-state index in [1.54, 1.807) is 19.1 Å². The number of amides is 3. The van der Waals surface area contributed by atoms with Crippen LogP contribution in [0.4, 0.5) is 10.5 Å². The van der Waals surface area contributed by atoms with E-state index in [4.69, 9.17) is 5.73 Å². The van der Waals surface area contributed by atoms with Crippen LogP contribution in [0.3, 0.4) is 0 Å². The minimum absolute atomic E-state index is 0.127. The monoisotopic (exact) mass is 221 g/mol. The van der Waals surface area contributed by atoms with Gasteiger partial charge in [0.1, 0.15) is 0 Å². The van der Waals surface area contributed by atoms with Gasteiger partial charge in [-0.2, -0.15) is 0 Å². The molecule has 0 radical (unpaired) electrons. The Bertz CT molecular complexity index is 365. The van der Waals surface area contributed by atoms with E-state index >= 15 is 0 Å². The van der Waals surface area contributed by atoms with Crippen molar-refractivity contribution >= 4 is 17.6 Å². The van der Waals surface area contributed by atoms with Gasteiger partial charge in [0, 0.05) is 18.2 Å². The minimum Gasteiger partial charge on any atom is -0.370 e. The van der Waals surface area contributed by atoms with Crippen molar-refractivity contribution in [3.8, 4) is 0 Å². The third-order valence-electron chi connectivity index (χ3n) is 1.92. The number of benzene rings is 1. The maximum absolute atomic E-state index is 11.4. The van der Waals surface area contributed by atoms with E-state index in [1.165, 1.54) is 0 Å². The van der Waals surface area contributed by atoms with Crippen LogP contribution in [-0.4, -0.2) is 18.0 Å². The second-order valence-corrected chi connectivity index (χ2v) is 3.54. The molecule has 0 fully saturated rings. The van der Waals surface area contributed by atoms with Crippen LogP contribution >= 0.6 is 0 Å². The lowest BCUT2D eigenvalue weighted by atomic mass is 10.2. The lowest BCUT2D eigenvalue weighted by Gasteiger charge is -2.12. The van der Waals surface area contributed by atoms with Gasteiger partial charge >= 0.3 is 6.03 Å². The van der Waals surface area contributed by atoms with Crippen LogP contribution in [0.15, 0.2) is 30.3 Å². The van der Waals surface area contributed by atoms with Crippen molar-refractivity contribution in [2.45, 2.75) is 19.4 Å². The van der Waals surface area contributed by atoms with Gasteiger partial charge < -0.3 is 16.4 Å². The Hall–Kier alpha value is -2.04. The molecule has 16 heavy (non-hydrogen) atoms. The number of nitrogens with one attached hydrogen (secondary N) is 2. The predicted octanol–water partition coefficient (Wildman–Crippen LogP) is 1.07. The van der Waals surface area contributed by atoms with Crippen molar-refractivity contribution < 1.29 is 9.59 Å². The highest BCUT2D eigenvalue weighted by Crippen LogP contribution is 2.04. The molecule has 1 atom stereocenters. The van der Waals surface area contributed by atoms with E-state index in [2.05, 4.69) is 10.6 Å². The standard InChI is InChI=1S/C11H15N3O2/c1-8(7-10(12)15)13-11(16)14-9-5-3-2-4-6-9/h2-6,8H,7H2,1H3,(H2,12,15)(H2,13,14,16). The van der Waals surface area contributed by atoms with Gasteiger partial charge in [0.15, 0.2) is 0 Å². The van der Waals surface area contributed by atoms with E-state index in [0.29, 0.717) is 5.69 Å². The number of hydrogen-bond acceptors (Lipinski definition) is 2. The lowest BCUT2D eigenvalue weighted by molar-refractivity contribution is -0.118.